The van der Waals surface area contributed by atoms with Crippen LogP contribution in [0.1, 0.15) is 16.1 Å². The Morgan fingerprint density at radius 3 is 2.65 bits per heavy atom. The fraction of sp³-hybridized carbons (Fsp3) is 0.0556. The van der Waals surface area contributed by atoms with Gasteiger partial charge < -0.3 is 5.32 Å². The van der Waals surface area contributed by atoms with Gasteiger partial charge in [0.25, 0.3) is 5.91 Å². The number of fused-ring (bicyclic) bond motifs is 1. The van der Waals surface area contributed by atoms with Crippen molar-refractivity contribution >= 4 is 56.5 Å². The fourth-order valence-corrected chi connectivity index (χ4v) is 3.87. The van der Waals surface area contributed by atoms with Gasteiger partial charge in [-0.25, -0.2) is 4.98 Å². The summed E-state index contributed by atoms with van der Waals surface area (Å²) in [5.41, 5.74) is 1.99. The molecule has 4 rings (SSSR count). The summed E-state index contributed by atoms with van der Waals surface area (Å²) in [6.07, 6.45) is 0. The van der Waals surface area contributed by atoms with Gasteiger partial charge in [0.1, 0.15) is 11.3 Å². The molecule has 1 N–H and O–H groups in total. The van der Waals surface area contributed by atoms with Crippen LogP contribution in [-0.2, 0) is 0 Å². The van der Waals surface area contributed by atoms with Crippen LogP contribution in [0.3, 0.4) is 0 Å². The average molecular weight is 403 g/mol. The SMILES string of the molecule is Cc1cc(NC(=O)c2ccc(Cl)cc2)n(-c2nc3c(Cl)cccc3s2)n1. The van der Waals surface area contributed by atoms with Gasteiger partial charge in [0.2, 0.25) is 5.13 Å². The van der Waals surface area contributed by atoms with E-state index in [2.05, 4.69) is 15.4 Å². The van der Waals surface area contributed by atoms with E-state index >= 15 is 0 Å². The molecule has 0 aliphatic heterocycles. The zero-order chi connectivity index (χ0) is 18.3. The van der Waals surface area contributed by atoms with Crippen LogP contribution >= 0.6 is 34.5 Å². The quantitative estimate of drug-likeness (QED) is 0.502. The molecule has 0 aliphatic carbocycles. The van der Waals surface area contributed by atoms with Gasteiger partial charge in [0, 0.05) is 16.7 Å². The smallest absolute Gasteiger partial charge is 0.256 e. The molecule has 0 bridgehead atoms. The Labute approximate surface area is 163 Å². The fourth-order valence-electron chi connectivity index (χ4n) is 2.52. The van der Waals surface area contributed by atoms with Crippen LogP contribution < -0.4 is 5.32 Å². The van der Waals surface area contributed by atoms with E-state index in [9.17, 15) is 4.79 Å². The second-order valence-corrected chi connectivity index (χ2v) is 7.48. The minimum atomic E-state index is -0.248. The van der Waals surface area contributed by atoms with E-state index in [0.717, 1.165) is 15.9 Å². The molecule has 0 unspecified atom stereocenters. The third kappa shape index (κ3) is 3.19. The predicted octanol–water partition coefficient (Wildman–Crippen LogP) is 5.35. The van der Waals surface area contributed by atoms with Crippen LogP contribution in [-0.4, -0.2) is 20.7 Å². The number of halogens is 2. The van der Waals surface area contributed by atoms with Gasteiger partial charge in [-0.05, 0) is 43.3 Å². The zero-order valence-electron chi connectivity index (χ0n) is 13.5. The van der Waals surface area contributed by atoms with Crippen molar-refractivity contribution in [2.75, 3.05) is 5.32 Å². The molecule has 8 heteroatoms. The van der Waals surface area contributed by atoms with E-state index in [1.807, 2.05) is 19.1 Å². The Kier molecular flexibility index (Phi) is 4.40. The van der Waals surface area contributed by atoms with Crippen molar-refractivity contribution in [1.29, 1.82) is 0 Å². The highest BCUT2D eigenvalue weighted by Crippen LogP contribution is 2.31. The molecular formula is C18H12Cl2N4OS. The lowest BCUT2D eigenvalue weighted by Gasteiger charge is -2.06. The maximum Gasteiger partial charge on any atom is 0.256 e. The number of thiazole rings is 1. The molecular weight excluding hydrogens is 391 g/mol. The monoisotopic (exact) mass is 402 g/mol. The number of carbonyl (C=O) groups excluding carboxylic acids is 1. The Bertz CT molecular complexity index is 1120. The lowest BCUT2D eigenvalue weighted by Crippen LogP contribution is -2.15. The Hall–Kier alpha value is -2.41. The van der Waals surface area contributed by atoms with E-state index in [1.165, 1.54) is 11.3 Å². The highest BCUT2D eigenvalue weighted by molar-refractivity contribution is 7.20. The van der Waals surface area contributed by atoms with Crippen LogP contribution in [0.4, 0.5) is 5.82 Å². The summed E-state index contributed by atoms with van der Waals surface area (Å²) >= 11 is 13.5. The molecule has 5 nitrogen and oxygen atoms in total. The molecule has 2 heterocycles. The van der Waals surface area contributed by atoms with E-state index in [0.29, 0.717) is 26.6 Å². The number of aryl methyl sites for hydroxylation is 1. The standard InChI is InChI=1S/C18H12Cl2N4OS/c1-10-9-15(21-17(25)11-5-7-12(19)8-6-11)24(23-10)18-22-16-13(20)3-2-4-14(16)26-18/h2-9H,1H3,(H,21,25). The van der Waals surface area contributed by atoms with Gasteiger partial charge in [0.15, 0.2) is 0 Å². The topological polar surface area (TPSA) is 59.8 Å². The molecule has 26 heavy (non-hydrogen) atoms. The summed E-state index contributed by atoms with van der Waals surface area (Å²) in [5, 5.41) is 9.12. The molecule has 0 saturated heterocycles. The van der Waals surface area contributed by atoms with Gasteiger partial charge in [0.05, 0.1) is 15.4 Å². The number of nitrogens with one attached hydrogen (secondary N) is 1. The normalized spacial score (nSPS) is 11.0. The van der Waals surface area contributed by atoms with E-state index < -0.39 is 0 Å². The number of nitrogens with zero attached hydrogens (tertiary/aromatic N) is 3. The van der Waals surface area contributed by atoms with Crippen molar-refractivity contribution in [3.05, 3.63) is 69.8 Å². The van der Waals surface area contributed by atoms with Gasteiger partial charge in [-0.1, -0.05) is 40.6 Å². The van der Waals surface area contributed by atoms with E-state index in [1.54, 1.807) is 41.1 Å². The Morgan fingerprint density at radius 2 is 1.92 bits per heavy atom. The van der Waals surface area contributed by atoms with Gasteiger partial charge in [-0.2, -0.15) is 9.78 Å². The summed E-state index contributed by atoms with van der Waals surface area (Å²) in [7, 11) is 0. The molecule has 2 aromatic heterocycles. The van der Waals surface area contributed by atoms with Crippen molar-refractivity contribution in [1.82, 2.24) is 14.8 Å². The van der Waals surface area contributed by atoms with Crippen molar-refractivity contribution in [2.45, 2.75) is 6.92 Å². The summed E-state index contributed by atoms with van der Waals surface area (Å²) in [5.74, 6) is 0.291. The number of rotatable bonds is 3. The molecule has 0 fully saturated rings. The summed E-state index contributed by atoms with van der Waals surface area (Å²) in [6, 6.07) is 14.1. The highest BCUT2D eigenvalue weighted by Gasteiger charge is 2.16. The van der Waals surface area contributed by atoms with Crippen molar-refractivity contribution < 1.29 is 4.79 Å². The highest BCUT2D eigenvalue weighted by atomic mass is 35.5. The summed E-state index contributed by atoms with van der Waals surface area (Å²) in [4.78, 5) is 17.1. The third-order valence-corrected chi connectivity index (χ3v) is 5.27. The van der Waals surface area contributed by atoms with Crippen molar-refractivity contribution in [3.63, 3.8) is 0 Å². The maximum absolute atomic E-state index is 12.5. The van der Waals surface area contributed by atoms with Crippen LogP contribution in [0.15, 0.2) is 48.5 Å². The van der Waals surface area contributed by atoms with Crippen molar-refractivity contribution in [3.8, 4) is 5.13 Å². The molecule has 130 valence electrons. The largest absolute Gasteiger partial charge is 0.306 e. The number of para-hydroxylation sites is 1. The van der Waals surface area contributed by atoms with Gasteiger partial charge in [-0.15, -0.1) is 0 Å². The average Bonchev–Trinajstić information content (AvgIpc) is 3.19. The lowest BCUT2D eigenvalue weighted by atomic mass is 10.2. The van der Waals surface area contributed by atoms with Crippen LogP contribution in [0.25, 0.3) is 15.3 Å². The number of aromatic nitrogens is 3. The lowest BCUT2D eigenvalue weighted by molar-refractivity contribution is 0.102. The molecule has 4 aromatic rings. The van der Waals surface area contributed by atoms with Crippen LogP contribution in [0, 0.1) is 6.92 Å². The second-order valence-electron chi connectivity index (χ2n) is 5.63. The number of hydrogen-bond acceptors (Lipinski definition) is 4. The van der Waals surface area contributed by atoms with Crippen molar-refractivity contribution in [2.24, 2.45) is 0 Å². The molecule has 0 atom stereocenters. The Balaban J connectivity index is 1.71. The summed E-state index contributed by atoms with van der Waals surface area (Å²) < 4.78 is 2.57. The van der Waals surface area contributed by atoms with Gasteiger partial charge >= 0.3 is 0 Å². The molecule has 1 amide bonds. The molecule has 0 aliphatic rings. The second kappa shape index (κ2) is 6.72. The number of benzene rings is 2. The first-order valence-corrected chi connectivity index (χ1v) is 9.27. The Morgan fingerprint density at radius 1 is 1.15 bits per heavy atom. The number of amides is 1. The molecule has 0 saturated carbocycles. The summed E-state index contributed by atoms with van der Waals surface area (Å²) in [6.45, 7) is 1.86. The maximum atomic E-state index is 12.5. The first-order valence-electron chi connectivity index (χ1n) is 7.70. The van der Waals surface area contributed by atoms with Gasteiger partial charge in [-0.3, -0.25) is 4.79 Å². The minimum Gasteiger partial charge on any atom is -0.306 e. The zero-order valence-corrected chi connectivity index (χ0v) is 15.9. The molecule has 0 radical (unpaired) electrons. The number of hydrogen-bond donors (Lipinski definition) is 1. The third-order valence-electron chi connectivity index (χ3n) is 3.72. The van der Waals surface area contributed by atoms with Crippen LogP contribution in [0.2, 0.25) is 10.0 Å². The van der Waals surface area contributed by atoms with Crippen LogP contribution in [0.5, 0.6) is 0 Å². The number of carbonyl (C=O) groups is 1. The first-order chi connectivity index (χ1) is 12.5. The minimum absolute atomic E-state index is 0.248. The van der Waals surface area contributed by atoms with E-state index in [-0.39, 0.29) is 5.91 Å². The predicted molar refractivity (Wildman–Crippen MR) is 106 cm³/mol. The molecule has 0 spiro atoms. The number of anilines is 1. The molecule has 2 aromatic carbocycles. The van der Waals surface area contributed by atoms with E-state index in [4.69, 9.17) is 23.2 Å². The first kappa shape index (κ1) is 17.0.